The molecule has 11 heavy (non-hydrogen) atoms. The molecule has 0 fully saturated rings. The molecular formula is C9H23NO. The number of rotatable bonds is 3. The third-order valence-electron chi connectivity index (χ3n) is 1.50. The fourth-order valence-electron chi connectivity index (χ4n) is 0.750. The van der Waals surface area contributed by atoms with Crippen LogP contribution in [0.4, 0.5) is 0 Å². The Morgan fingerprint density at radius 3 is 1.18 bits per heavy atom. The first-order valence-corrected chi connectivity index (χ1v) is 4.57. The van der Waals surface area contributed by atoms with E-state index in [1.165, 1.54) is 19.6 Å². The van der Waals surface area contributed by atoms with Crippen molar-refractivity contribution in [3.8, 4) is 0 Å². The van der Waals surface area contributed by atoms with Crippen LogP contribution in [0.25, 0.3) is 0 Å². The fraction of sp³-hybridized carbons (Fsp3) is 1.00. The van der Waals surface area contributed by atoms with Crippen molar-refractivity contribution in [1.29, 1.82) is 0 Å². The lowest BCUT2D eigenvalue weighted by molar-refractivity contribution is -0.894. The highest BCUT2D eigenvalue weighted by Crippen LogP contribution is 1.57. The van der Waals surface area contributed by atoms with Gasteiger partial charge in [-0.1, -0.05) is 13.8 Å². The first kappa shape index (κ1) is 13.5. The molecule has 0 atom stereocenters. The lowest BCUT2D eigenvalue weighted by Gasteiger charge is -2.10. The van der Waals surface area contributed by atoms with Gasteiger partial charge in [0.1, 0.15) is 0 Å². The zero-order valence-electron chi connectivity index (χ0n) is 8.61. The average Bonchev–Trinajstić information content (AvgIpc) is 1.90. The second kappa shape index (κ2) is 9.92. The Balaban J connectivity index is 0. The molecule has 0 unspecified atom stereocenters. The zero-order valence-corrected chi connectivity index (χ0v) is 8.61. The molecule has 0 aliphatic rings. The SMILES string of the molecule is CC(C)[O-].CC[NH+](CC)CC. The summed E-state index contributed by atoms with van der Waals surface area (Å²) in [6, 6.07) is 0. The third-order valence-corrected chi connectivity index (χ3v) is 1.50. The van der Waals surface area contributed by atoms with Crippen molar-refractivity contribution in [3.63, 3.8) is 0 Å². The van der Waals surface area contributed by atoms with Gasteiger partial charge in [0.05, 0.1) is 19.6 Å². The van der Waals surface area contributed by atoms with Crippen molar-refractivity contribution in [2.24, 2.45) is 0 Å². The molecule has 2 heteroatoms. The monoisotopic (exact) mass is 161 g/mol. The lowest BCUT2D eigenvalue weighted by atomic mass is 10.5. The van der Waals surface area contributed by atoms with Crippen LogP contribution in [0.2, 0.25) is 0 Å². The second-order valence-electron chi connectivity index (χ2n) is 2.86. The van der Waals surface area contributed by atoms with Gasteiger partial charge >= 0.3 is 0 Å². The maximum Gasteiger partial charge on any atom is 0.0742 e. The molecule has 1 N–H and O–H groups in total. The molecule has 0 amide bonds. The predicted molar refractivity (Wildman–Crippen MR) is 47.7 cm³/mol. The standard InChI is InChI=1S/C6H15N.C3H7O/c1-4-7(5-2)6-3;1-3(2)4/h4-6H2,1-3H3;3H,1-2H3/q;-1/p+1. The Bertz CT molecular complexity index is 52.3. The second-order valence-corrected chi connectivity index (χ2v) is 2.86. The average molecular weight is 161 g/mol. The van der Waals surface area contributed by atoms with Gasteiger partial charge < -0.3 is 10.0 Å². The van der Waals surface area contributed by atoms with Gasteiger partial charge in [-0.15, -0.1) is 6.10 Å². The summed E-state index contributed by atoms with van der Waals surface area (Å²) in [5.41, 5.74) is 0. The van der Waals surface area contributed by atoms with Gasteiger partial charge in [-0.25, -0.2) is 0 Å². The Morgan fingerprint density at radius 1 is 1.00 bits per heavy atom. The largest absolute Gasteiger partial charge is 0.852 e. The van der Waals surface area contributed by atoms with Gasteiger partial charge in [0.15, 0.2) is 0 Å². The summed E-state index contributed by atoms with van der Waals surface area (Å²) in [6.45, 7) is 13.7. The highest BCUT2D eigenvalue weighted by atomic mass is 16.3. The van der Waals surface area contributed by atoms with Crippen LogP contribution in [-0.2, 0) is 0 Å². The van der Waals surface area contributed by atoms with E-state index < -0.39 is 6.10 Å². The lowest BCUT2D eigenvalue weighted by Crippen LogP contribution is -3.11. The summed E-state index contributed by atoms with van der Waals surface area (Å²) < 4.78 is 0. The van der Waals surface area contributed by atoms with E-state index in [1.807, 2.05) is 0 Å². The fourth-order valence-corrected chi connectivity index (χ4v) is 0.750. The highest BCUT2D eigenvalue weighted by molar-refractivity contribution is 4.17. The predicted octanol–water partition coefficient (Wildman–Crippen LogP) is -0.314. The van der Waals surface area contributed by atoms with E-state index in [0.29, 0.717) is 0 Å². The van der Waals surface area contributed by atoms with Crippen molar-refractivity contribution in [3.05, 3.63) is 0 Å². The van der Waals surface area contributed by atoms with Crippen LogP contribution in [0.15, 0.2) is 0 Å². The van der Waals surface area contributed by atoms with Crippen LogP contribution in [0.3, 0.4) is 0 Å². The summed E-state index contributed by atoms with van der Waals surface area (Å²) in [7, 11) is 0. The molecule has 0 saturated heterocycles. The molecule has 70 valence electrons. The van der Waals surface area contributed by atoms with Gasteiger partial charge in [-0.2, -0.15) is 0 Å². The molecule has 0 bridgehead atoms. The van der Waals surface area contributed by atoms with E-state index in [4.69, 9.17) is 0 Å². The van der Waals surface area contributed by atoms with Crippen LogP contribution in [-0.4, -0.2) is 25.7 Å². The molecule has 0 aliphatic heterocycles. The smallest absolute Gasteiger partial charge is 0.0742 e. The highest BCUT2D eigenvalue weighted by Gasteiger charge is 1.92. The minimum Gasteiger partial charge on any atom is -0.852 e. The molecule has 0 rings (SSSR count). The molecule has 0 aliphatic carbocycles. The van der Waals surface area contributed by atoms with Crippen LogP contribution in [0.1, 0.15) is 34.6 Å². The van der Waals surface area contributed by atoms with Gasteiger partial charge in [0.25, 0.3) is 0 Å². The maximum atomic E-state index is 9.53. The Labute approximate surface area is 71.2 Å². The number of quaternary nitrogens is 1. The number of hydrogen-bond acceptors (Lipinski definition) is 1. The summed E-state index contributed by atoms with van der Waals surface area (Å²) >= 11 is 0. The first-order chi connectivity index (χ1) is 5.08. The van der Waals surface area contributed by atoms with Gasteiger partial charge in [0, 0.05) is 0 Å². The molecule has 0 aromatic carbocycles. The Kier molecular flexibility index (Phi) is 12.2. The molecule has 0 spiro atoms. The van der Waals surface area contributed by atoms with Crippen LogP contribution >= 0.6 is 0 Å². The molecule has 2 nitrogen and oxygen atoms in total. The zero-order chi connectivity index (χ0) is 9.28. The van der Waals surface area contributed by atoms with Crippen LogP contribution in [0.5, 0.6) is 0 Å². The van der Waals surface area contributed by atoms with E-state index in [-0.39, 0.29) is 0 Å². The molecule has 0 saturated carbocycles. The summed E-state index contributed by atoms with van der Waals surface area (Å²) in [4.78, 5) is 1.68. The van der Waals surface area contributed by atoms with Crippen molar-refractivity contribution >= 4 is 0 Å². The summed E-state index contributed by atoms with van der Waals surface area (Å²) in [5, 5.41) is 9.53. The quantitative estimate of drug-likeness (QED) is 0.604. The Hall–Kier alpha value is -0.0800. The first-order valence-electron chi connectivity index (χ1n) is 4.57. The molecular weight excluding hydrogens is 138 g/mol. The van der Waals surface area contributed by atoms with Crippen molar-refractivity contribution in [1.82, 2.24) is 0 Å². The van der Waals surface area contributed by atoms with E-state index in [1.54, 1.807) is 18.7 Å². The molecule has 0 radical (unpaired) electrons. The molecule has 0 aromatic rings. The topological polar surface area (TPSA) is 27.5 Å². The summed E-state index contributed by atoms with van der Waals surface area (Å²) in [5.74, 6) is 0. The minimum atomic E-state index is -0.417. The van der Waals surface area contributed by atoms with Gasteiger partial charge in [-0.05, 0) is 20.8 Å². The van der Waals surface area contributed by atoms with E-state index in [9.17, 15) is 5.11 Å². The normalized spacial score (nSPS) is 9.82. The maximum absolute atomic E-state index is 9.53. The Morgan fingerprint density at radius 2 is 1.18 bits per heavy atom. The molecule has 0 aromatic heterocycles. The van der Waals surface area contributed by atoms with E-state index in [2.05, 4.69) is 20.8 Å². The van der Waals surface area contributed by atoms with E-state index >= 15 is 0 Å². The third kappa shape index (κ3) is 17.8. The van der Waals surface area contributed by atoms with Crippen molar-refractivity contribution in [2.45, 2.75) is 40.7 Å². The molecule has 0 heterocycles. The van der Waals surface area contributed by atoms with Crippen molar-refractivity contribution in [2.75, 3.05) is 19.6 Å². The van der Waals surface area contributed by atoms with Crippen LogP contribution in [0, 0.1) is 0 Å². The van der Waals surface area contributed by atoms with Crippen molar-refractivity contribution < 1.29 is 10.0 Å². The van der Waals surface area contributed by atoms with Gasteiger partial charge in [0.2, 0.25) is 0 Å². The van der Waals surface area contributed by atoms with Crippen LogP contribution < -0.4 is 10.0 Å². The minimum absolute atomic E-state index is 0.417. The number of nitrogens with one attached hydrogen (secondary N) is 1. The number of hydrogen-bond donors (Lipinski definition) is 1. The summed E-state index contributed by atoms with van der Waals surface area (Å²) in [6.07, 6.45) is -0.417. The van der Waals surface area contributed by atoms with Gasteiger partial charge in [-0.3, -0.25) is 0 Å². The van der Waals surface area contributed by atoms with E-state index in [0.717, 1.165) is 0 Å².